The Hall–Kier alpha value is -3.22. The molecule has 3 aromatic heterocycles. The molecule has 5 rings (SSSR count). The molecule has 0 bridgehead atoms. The molecule has 1 aromatic carbocycles. The van der Waals surface area contributed by atoms with Gasteiger partial charge in [0.05, 0.1) is 17.3 Å². The number of hydrogen-bond acceptors (Lipinski definition) is 4. The molecule has 0 aliphatic heterocycles. The number of aromatic amines is 1. The molecule has 1 aliphatic rings. The van der Waals surface area contributed by atoms with E-state index in [1.54, 1.807) is 12.4 Å². The molecule has 148 valence electrons. The van der Waals surface area contributed by atoms with E-state index in [2.05, 4.69) is 52.4 Å². The van der Waals surface area contributed by atoms with Gasteiger partial charge in [-0.25, -0.2) is 9.97 Å². The molecule has 7 heteroatoms. The lowest BCUT2D eigenvalue weighted by atomic mass is 10.0. The number of carbonyl (C=O) groups is 1. The van der Waals surface area contributed by atoms with Crippen molar-refractivity contribution in [1.82, 2.24) is 30.0 Å². The van der Waals surface area contributed by atoms with Crippen LogP contribution in [0.2, 0.25) is 0 Å². The summed E-state index contributed by atoms with van der Waals surface area (Å²) in [5.74, 6) is -0.103. The van der Waals surface area contributed by atoms with Crippen molar-refractivity contribution in [2.75, 3.05) is 0 Å². The van der Waals surface area contributed by atoms with Gasteiger partial charge < -0.3 is 10.3 Å². The standard InChI is InChI=1S/C22H24N6O/c1-13-6-7-14-17(10-13)28(3)27-18(14)16-12-24-20-19(25-16)15(11-23-20)21(29)26-22(2)8-4-5-9-22/h6-7,10-12H,4-5,8-9H2,1-3H3,(H,23,24)(H,26,29). The van der Waals surface area contributed by atoms with Gasteiger partial charge in [0.1, 0.15) is 16.9 Å². The van der Waals surface area contributed by atoms with Crippen LogP contribution in [0.15, 0.2) is 30.6 Å². The van der Waals surface area contributed by atoms with E-state index in [1.165, 1.54) is 5.56 Å². The van der Waals surface area contributed by atoms with Crippen LogP contribution >= 0.6 is 0 Å². The van der Waals surface area contributed by atoms with Crippen molar-refractivity contribution in [3.8, 4) is 11.4 Å². The predicted octanol–water partition coefficient (Wildman–Crippen LogP) is 3.88. The van der Waals surface area contributed by atoms with E-state index < -0.39 is 0 Å². The van der Waals surface area contributed by atoms with E-state index in [-0.39, 0.29) is 11.4 Å². The minimum Gasteiger partial charge on any atom is -0.347 e. The van der Waals surface area contributed by atoms with Crippen LogP contribution in [0.1, 0.15) is 48.5 Å². The number of aromatic nitrogens is 5. The van der Waals surface area contributed by atoms with Crippen LogP contribution in [0, 0.1) is 6.92 Å². The van der Waals surface area contributed by atoms with Gasteiger partial charge in [-0.15, -0.1) is 0 Å². The van der Waals surface area contributed by atoms with Crippen LogP contribution in [0.5, 0.6) is 0 Å². The van der Waals surface area contributed by atoms with Crippen LogP contribution in [-0.2, 0) is 7.05 Å². The van der Waals surface area contributed by atoms with E-state index in [0.717, 1.165) is 42.3 Å². The number of nitrogens with zero attached hydrogens (tertiary/aromatic N) is 4. The van der Waals surface area contributed by atoms with Gasteiger partial charge in [0.2, 0.25) is 0 Å². The van der Waals surface area contributed by atoms with Gasteiger partial charge in [-0.2, -0.15) is 5.10 Å². The highest BCUT2D eigenvalue weighted by atomic mass is 16.1. The first-order chi connectivity index (χ1) is 13.9. The summed E-state index contributed by atoms with van der Waals surface area (Å²) in [5, 5.41) is 8.89. The number of benzene rings is 1. The summed E-state index contributed by atoms with van der Waals surface area (Å²) in [5.41, 5.74) is 5.22. The second-order valence-electron chi connectivity index (χ2n) is 8.37. The summed E-state index contributed by atoms with van der Waals surface area (Å²) in [7, 11) is 1.93. The number of aryl methyl sites for hydroxylation is 2. The minimum atomic E-state index is -0.138. The Labute approximate surface area is 168 Å². The van der Waals surface area contributed by atoms with Gasteiger partial charge in [0, 0.05) is 24.2 Å². The molecule has 0 unspecified atom stereocenters. The third kappa shape index (κ3) is 2.97. The van der Waals surface area contributed by atoms with Crippen molar-refractivity contribution in [3.63, 3.8) is 0 Å². The fraction of sp³-hybridized carbons (Fsp3) is 0.364. The number of nitrogens with one attached hydrogen (secondary N) is 2. The zero-order chi connectivity index (χ0) is 20.2. The molecule has 0 saturated heterocycles. The molecule has 1 saturated carbocycles. The molecule has 7 nitrogen and oxygen atoms in total. The summed E-state index contributed by atoms with van der Waals surface area (Å²) < 4.78 is 1.86. The quantitative estimate of drug-likeness (QED) is 0.557. The minimum absolute atomic E-state index is 0.103. The number of H-pyrrole nitrogens is 1. The highest BCUT2D eigenvalue weighted by Crippen LogP contribution is 2.31. The summed E-state index contributed by atoms with van der Waals surface area (Å²) in [4.78, 5) is 25.3. The Morgan fingerprint density at radius 2 is 2.07 bits per heavy atom. The molecular weight excluding hydrogens is 364 g/mol. The van der Waals surface area contributed by atoms with Gasteiger partial charge in [-0.05, 0) is 38.3 Å². The fourth-order valence-corrected chi connectivity index (χ4v) is 4.36. The van der Waals surface area contributed by atoms with E-state index in [9.17, 15) is 4.79 Å². The third-order valence-electron chi connectivity index (χ3n) is 6.00. The Morgan fingerprint density at radius 3 is 2.86 bits per heavy atom. The Morgan fingerprint density at radius 1 is 1.28 bits per heavy atom. The fourth-order valence-electron chi connectivity index (χ4n) is 4.36. The first-order valence-electron chi connectivity index (χ1n) is 10.0. The summed E-state index contributed by atoms with van der Waals surface area (Å²) in [6.45, 7) is 4.18. The van der Waals surface area contributed by atoms with Crippen molar-refractivity contribution in [3.05, 3.63) is 41.7 Å². The van der Waals surface area contributed by atoms with E-state index >= 15 is 0 Å². The third-order valence-corrected chi connectivity index (χ3v) is 6.00. The van der Waals surface area contributed by atoms with Crippen LogP contribution in [0.25, 0.3) is 33.5 Å². The van der Waals surface area contributed by atoms with Gasteiger partial charge in [0.25, 0.3) is 5.91 Å². The van der Waals surface area contributed by atoms with Gasteiger partial charge in [-0.3, -0.25) is 9.48 Å². The zero-order valence-electron chi connectivity index (χ0n) is 16.9. The first kappa shape index (κ1) is 17.8. The maximum atomic E-state index is 13.0. The summed E-state index contributed by atoms with van der Waals surface area (Å²) in [6, 6.07) is 6.23. The Bertz CT molecular complexity index is 1250. The lowest BCUT2D eigenvalue weighted by Gasteiger charge is -2.24. The van der Waals surface area contributed by atoms with Gasteiger partial charge in [0.15, 0.2) is 5.65 Å². The number of rotatable bonds is 3. The maximum absolute atomic E-state index is 13.0. The first-order valence-corrected chi connectivity index (χ1v) is 10.0. The normalized spacial score (nSPS) is 16.0. The number of hydrogen-bond donors (Lipinski definition) is 2. The largest absolute Gasteiger partial charge is 0.347 e. The van der Waals surface area contributed by atoms with Crippen molar-refractivity contribution >= 4 is 28.0 Å². The monoisotopic (exact) mass is 388 g/mol. The number of carbonyl (C=O) groups excluding carboxylic acids is 1. The molecule has 1 fully saturated rings. The van der Waals surface area contributed by atoms with Crippen LogP contribution < -0.4 is 5.32 Å². The zero-order valence-corrected chi connectivity index (χ0v) is 16.9. The van der Waals surface area contributed by atoms with Crippen molar-refractivity contribution in [2.45, 2.75) is 45.1 Å². The molecule has 2 N–H and O–H groups in total. The molecule has 4 aromatic rings. The van der Waals surface area contributed by atoms with Crippen LogP contribution in [0.3, 0.4) is 0 Å². The van der Waals surface area contributed by atoms with E-state index in [0.29, 0.717) is 22.4 Å². The molecule has 1 amide bonds. The smallest absolute Gasteiger partial charge is 0.255 e. The second kappa shape index (κ2) is 6.40. The summed E-state index contributed by atoms with van der Waals surface area (Å²) in [6.07, 6.45) is 7.73. The number of amides is 1. The van der Waals surface area contributed by atoms with Crippen molar-refractivity contribution in [1.29, 1.82) is 0 Å². The van der Waals surface area contributed by atoms with E-state index in [1.807, 2.05) is 11.7 Å². The predicted molar refractivity (Wildman–Crippen MR) is 113 cm³/mol. The van der Waals surface area contributed by atoms with Crippen molar-refractivity contribution < 1.29 is 4.79 Å². The molecular formula is C22H24N6O. The molecule has 0 atom stereocenters. The highest BCUT2D eigenvalue weighted by molar-refractivity contribution is 6.05. The van der Waals surface area contributed by atoms with Gasteiger partial charge in [-0.1, -0.05) is 25.0 Å². The molecule has 29 heavy (non-hydrogen) atoms. The second-order valence-corrected chi connectivity index (χ2v) is 8.37. The molecule has 1 aliphatic carbocycles. The Kier molecular flexibility index (Phi) is 3.94. The highest BCUT2D eigenvalue weighted by Gasteiger charge is 2.31. The molecule has 0 radical (unpaired) electrons. The lowest BCUT2D eigenvalue weighted by Crippen LogP contribution is -2.43. The number of fused-ring (bicyclic) bond motifs is 2. The molecule has 0 spiro atoms. The average molecular weight is 388 g/mol. The average Bonchev–Trinajstić information content (AvgIpc) is 3.39. The van der Waals surface area contributed by atoms with Gasteiger partial charge >= 0.3 is 0 Å². The molecule has 3 heterocycles. The maximum Gasteiger partial charge on any atom is 0.255 e. The Balaban J connectivity index is 1.57. The van der Waals surface area contributed by atoms with Crippen molar-refractivity contribution in [2.24, 2.45) is 7.05 Å². The SMILES string of the molecule is Cc1ccc2c(-c3cnc4[nH]cc(C(=O)NC5(C)CCCC5)c4n3)nn(C)c2c1. The van der Waals surface area contributed by atoms with Crippen LogP contribution in [0.4, 0.5) is 0 Å². The van der Waals surface area contributed by atoms with Crippen LogP contribution in [-0.4, -0.2) is 36.2 Å². The van der Waals surface area contributed by atoms with E-state index in [4.69, 9.17) is 4.98 Å². The summed E-state index contributed by atoms with van der Waals surface area (Å²) >= 11 is 0. The lowest BCUT2D eigenvalue weighted by molar-refractivity contribution is 0.0909. The topological polar surface area (TPSA) is 88.5 Å².